The molecule has 0 spiro atoms. The van der Waals surface area contributed by atoms with Crippen LogP contribution < -0.4 is 4.83 Å². The van der Waals surface area contributed by atoms with E-state index in [0.717, 1.165) is 11.3 Å². The maximum absolute atomic E-state index is 11.9. The first-order chi connectivity index (χ1) is 7.83. The number of hydrogen-bond acceptors (Lipinski definition) is 3. The van der Waals surface area contributed by atoms with Crippen LogP contribution in [0.1, 0.15) is 26.3 Å². The van der Waals surface area contributed by atoms with Crippen LogP contribution in [0.2, 0.25) is 0 Å². The highest BCUT2D eigenvalue weighted by atomic mass is 32.2. The van der Waals surface area contributed by atoms with E-state index in [-0.39, 0.29) is 10.8 Å². The normalized spacial score (nSPS) is 12.9. The Morgan fingerprint density at radius 3 is 2.24 bits per heavy atom. The minimum absolute atomic E-state index is 0.218. The van der Waals surface area contributed by atoms with E-state index in [1.54, 1.807) is 31.2 Å². The van der Waals surface area contributed by atoms with Crippen molar-refractivity contribution in [2.45, 2.75) is 32.6 Å². The topological polar surface area (TPSA) is 58.5 Å². The van der Waals surface area contributed by atoms with E-state index in [0.29, 0.717) is 0 Å². The summed E-state index contributed by atoms with van der Waals surface area (Å²) in [6, 6.07) is 6.65. The van der Waals surface area contributed by atoms with Crippen LogP contribution in [0, 0.1) is 12.8 Å². The zero-order valence-corrected chi connectivity index (χ0v) is 11.4. The molecule has 0 fully saturated rings. The molecule has 0 saturated carbocycles. The van der Waals surface area contributed by atoms with Gasteiger partial charge in [-0.15, -0.1) is 0 Å². The Morgan fingerprint density at radius 1 is 1.24 bits per heavy atom. The predicted octanol–water partition coefficient (Wildman–Crippen LogP) is 2.31. The molecule has 1 rings (SSSR count). The third-order valence-electron chi connectivity index (χ3n) is 2.51. The number of nitrogens with one attached hydrogen (secondary N) is 1. The molecule has 0 aliphatic carbocycles. The molecular weight excluding hydrogens is 236 g/mol. The fourth-order valence-electron chi connectivity index (χ4n) is 1.03. The Morgan fingerprint density at radius 2 is 1.76 bits per heavy atom. The van der Waals surface area contributed by atoms with Crippen molar-refractivity contribution in [1.82, 2.24) is 4.83 Å². The van der Waals surface area contributed by atoms with Crippen LogP contribution in [0.25, 0.3) is 0 Å². The Bertz CT molecular complexity index is 502. The molecule has 4 nitrogen and oxygen atoms in total. The summed E-state index contributed by atoms with van der Waals surface area (Å²) >= 11 is 0. The van der Waals surface area contributed by atoms with Gasteiger partial charge in [-0.25, -0.2) is 4.83 Å². The van der Waals surface area contributed by atoms with Crippen molar-refractivity contribution in [3.63, 3.8) is 0 Å². The third-order valence-corrected chi connectivity index (χ3v) is 3.73. The van der Waals surface area contributed by atoms with E-state index in [4.69, 9.17) is 0 Å². The Hall–Kier alpha value is -1.36. The number of aryl methyl sites for hydroxylation is 1. The fraction of sp³-hybridized carbons (Fsp3) is 0.417. The molecule has 0 aliphatic heterocycles. The van der Waals surface area contributed by atoms with Gasteiger partial charge in [-0.3, -0.25) is 0 Å². The van der Waals surface area contributed by atoms with Crippen LogP contribution in [-0.4, -0.2) is 14.1 Å². The summed E-state index contributed by atoms with van der Waals surface area (Å²) < 4.78 is 23.7. The molecule has 17 heavy (non-hydrogen) atoms. The first kappa shape index (κ1) is 13.7. The summed E-state index contributed by atoms with van der Waals surface area (Å²) in [6.07, 6.45) is 0. The van der Waals surface area contributed by atoms with Crippen molar-refractivity contribution < 1.29 is 8.42 Å². The fourth-order valence-corrected chi connectivity index (χ4v) is 1.90. The standard InChI is InChI=1S/C12H18N2O2S/c1-9(2)11(4)13-14-17(15,16)12-7-5-10(3)6-8-12/h5-9,14H,1-4H3/b13-11-. The monoisotopic (exact) mass is 254 g/mol. The lowest BCUT2D eigenvalue weighted by molar-refractivity contribution is 0.584. The Kier molecular flexibility index (Phi) is 4.28. The van der Waals surface area contributed by atoms with Crippen molar-refractivity contribution in [3.8, 4) is 0 Å². The molecule has 5 heteroatoms. The average Bonchev–Trinajstić information content (AvgIpc) is 2.26. The largest absolute Gasteiger partial charge is 0.276 e. The highest BCUT2D eigenvalue weighted by Crippen LogP contribution is 2.09. The lowest BCUT2D eigenvalue weighted by Gasteiger charge is -2.07. The van der Waals surface area contributed by atoms with Crippen LogP contribution >= 0.6 is 0 Å². The lowest BCUT2D eigenvalue weighted by atomic mass is 10.1. The molecule has 0 radical (unpaired) electrons. The van der Waals surface area contributed by atoms with Crippen molar-refractivity contribution in [2.75, 3.05) is 0 Å². The average molecular weight is 254 g/mol. The summed E-state index contributed by atoms with van der Waals surface area (Å²) in [6.45, 7) is 7.62. The van der Waals surface area contributed by atoms with Crippen molar-refractivity contribution in [1.29, 1.82) is 0 Å². The van der Waals surface area contributed by atoms with Gasteiger partial charge < -0.3 is 0 Å². The van der Waals surface area contributed by atoms with Crippen LogP contribution in [0.5, 0.6) is 0 Å². The number of rotatable bonds is 4. The number of hydrazone groups is 1. The summed E-state index contributed by atoms with van der Waals surface area (Å²) in [5.74, 6) is 0.218. The number of benzene rings is 1. The molecule has 1 N–H and O–H groups in total. The molecular formula is C12H18N2O2S. The van der Waals surface area contributed by atoms with E-state index in [9.17, 15) is 8.42 Å². The van der Waals surface area contributed by atoms with Crippen LogP contribution in [0.15, 0.2) is 34.3 Å². The zero-order chi connectivity index (χ0) is 13.1. The lowest BCUT2D eigenvalue weighted by Crippen LogP contribution is -2.20. The van der Waals surface area contributed by atoms with E-state index < -0.39 is 10.0 Å². The number of hydrogen-bond donors (Lipinski definition) is 1. The van der Waals surface area contributed by atoms with Crippen LogP contribution in [-0.2, 0) is 10.0 Å². The second-order valence-corrected chi connectivity index (χ2v) is 5.98. The molecule has 0 atom stereocenters. The molecule has 0 aliphatic rings. The molecule has 0 amide bonds. The molecule has 0 aromatic heterocycles. The summed E-state index contributed by atoms with van der Waals surface area (Å²) in [5.41, 5.74) is 1.77. The predicted molar refractivity (Wildman–Crippen MR) is 69.4 cm³/mol. The van der Waals surface area contributed by atoms with E-state index >= 15 is 0 Å². The Labute approximate surface area is 103 Å². The zero-order valence-electron chi connectivity index (χ0n) is 10.6. The minimum atomic E-state index is -3.54. The third kappa shape index (κ3) is 3.85. The quantitative estimate of drug-likeness (QED) is 0.662. The maximum Gasteiger partial charge on any atom is 0.276 e. The van der Waals surface area contributed by atoms with Gasteiger partial charge in [0.25, 0.3) is 10.0 Å². The molecule has 0 heterocycles. The van der Waals surface area contributed by atoms with Gasteiger partial charge in [0.05, 0.1) is 4.90 Å². The first-order valence-corrected chi connectivity index (χ1v) is 6.94. The van der Waals surface area contributed by atoms with Gasteiger partial charge in [-0.2, -0.15) is 13.5 Å². The molecule has 0 saturated heterocycles. The second-order valence-electron chi connectivity index (χ2n) is 4.32. The molecule has 0 unspecified atom stereocenters. The molecule has 1 aromatic carbocycles. The molecule has 0 bridgehead atoms. The summed E-state index contributed by atoms with van der Waals surface area (Å²) in [7, 11) is -3.54. The van der Waals surface area contributed by atoms with Crippen molar-refractivity contribution >= 4 is 15.7 Å². The number of sulfonamides is 1. The van der Waals surface area contributed by atoms with Gasteiger partial charge in [-0.05, 0) is 31.9 Å². The second kappa shape index (κ2) is 5.31. The van der Waals surface area contributed by atoms with Gasteiger partial charge in [0, 0.05) is 5.71 Å². The van der Waals surface area contributed by atoms with Crippen molar-refractivity contribution in [2.24, 2.45) is 11.0 Å². The first-order valence-electron chi connectivity index (χ1n) is 5.45. The van der Waals surface area contributed by atoms with E-state index in [1.807, 2.05) is 20.8 Å². The molecule has 94 valence electrons. The van der Waals surface area contributed by atoms with E-state index in [2.05, 4.69) is 9.93 Å². The molecule has 1 aromatic rings. The van der Waals surface area contributed by atoms with Crippen LogP contribution in [0.3, 0.4) is 0 Å². The Balaban J connectivity index is 2.90. The highest BCUT2D eigenvalue weighted by molar-refractivity contribution is 7.89. The van der Waals surface area contributed by atoms with Crippen LogP contribution in [0.4, 0.5) is 0 Å². The van der Waals surface area contributed by atoms with Gasteiger partial charge in [0.15, 0.2) is 0 Å². The smallest absolute Gasteiger partial charge is 0.200 e. The van der Waals surface area contributed by atoms with E-state index in [1.165, 1.54) is 0 Å². The maximum atomic E-state index is 11.9. The van der Waals surface area contributed by atoms with Gasteiger partial charge in [0.1, 0.15) is 0 Å². The van der Waals surface area contributed by atoms with Gasteiger partial charge in [0.2, 0.25) is 0 Å². The van der Waals surface area contributed by atoms with Gasteiger partial charge >= 0.3 is 0 Å². The van der Waals surface area contributed by atoms with Crippen molar-refractivity contribution in [3.05, 3.63) is 29.8 Å². The number of nitrogens with zero attached hydrogens (tertiary/aromatic N) is 1. The summed E-state index contributed by atoms with van der Waals surface area (Å²) in [5, 5.41) is 3.87. The highest BCUT2D eigenvalue weighted by Gasteiger charge is 2.12. The summed E-state index contributed by atoms with van der Waals surface area (Å²) in [4.78, 5) is 2.46. The SMILES string of the molecule is C/C(=N/NS(=O)(=O)c1ccc(C)cc1)C(C)C. The van der Waals surface area contributed by atoms with Gasteiger partial charge in [-0.1, -0.05) is 31.5 Å². The minimum Gasteiger partial charge on any atom is -0.200 e.